The molecule has 2 aromatic rings. The van der Waals surface area contributed by atoms with Gasteiger partial charge in [0.1, 0.15) is 36.3 Å². The second-order valence-corrected chi connectivity index (χ2v) is 9.81. The van der Waals surface area contributed by atoms with Crippen molar-refractivity contribution in [3.63, 3.8) is 0 Å². The van der Waals surface area contributed by atoms with E-state index in [4.69, 9.17) is 30.5 Å². The second-order valence-electron chi connectivity index (χ2n) is 9.40. The molecule has 8 nitrogen and oxygen atoms in total. The van der Waals surface area contributed by atoms with Gasteiger partial charge in [0.2, 0.25) is 5.79 Å². The second kappa shape index (κ2) is 12.2. The lowest BCUT2D eigenvalue weighted by Gasteiger charge is -2.49. The topological polar surface area (TPSA) is 118 Å². The Morgan fingerprint density at radius 2 is 1.64 bits per heavy atom. The molecule has 0 amide bonds. The van der Waals surface area contributed by atoms with Crippen LogP contribution in [0.4, 0.5) is 0 Å². The van der Waals surface area contributed by atoms with E-state index in [1.807, 2.05) is 45.0 Å². The van der Waals surface area contributed by atoms with Crippen molar-refractivity contribution in [2.75, 3.05) is 13.2 Å². The predicted molar refractivity (Wildman–Crippen MR) is 135 cm³/mol. The van der Waals surface area contributed by atoms with Crippen LogP contribution in [0, 0.1) is 0 Å². The lowest BCUT2D eigenvalue weighted by Crippen LogP contribution is -2.64. The molecule has 1 heterocycles. The van der Waals surface area contributed by atoms with Crippen molar-refractivity contribution in [3.05, 3.63) is 64.2 Å². The van der Waals surface area contributed by atoms with E-state index in [1.165, 1.54) is 0 Å². The van der Waals surface area contributed by atoms with Crippen molar-refractivity contribution < 1.29 is 39.4 Å². The van der Waals surface area contributed by atoms with E-state index in [1.54, 1.807) is 32.0 Å². The van der Waals surface area contributed by atoms with Gasteiger partial charge in [0, 0.05) is 16.1 Å². The summed E-state index contributed by atoms with van der Waals surface area (Å²) in [6, 6.07) is 12.5. The largest absolute Gasteiger partial charge is 0.494 e. The zero-order valence-corrected chi connectivity index (χ0v) is 22.1. The van der Waals surface area contributed by atoms with Gasteiger partial charge in [-0.2, -0.15) is 0 Å². The van der Waals surface area contributed by atoms with E-state index in [2.05, 4.69) is 0 Å². The van der Waals surface area contributed by atoms with Crippen molar-refractivity contribution >= 4 is 11.6 Å². The van der Waals surface area contributed by atoms with Crippen LogP contribution >= 0.6 is 11.6 Å². The summed E-state index contributed by atoms with van der Waals surface area (Å²) in [4.78, 5) is 0. The summed E-state index contributed by atoms with van der Waals surface area (Å²) in [5, 5.41) is 42.2. The Morgan fingerprint density at radius 3 is 2.19 bits per heavy atom. The van der Waals surface area contributed by atoms with Crippen LogP contribution in [-0.2, 0) is 20.0 Å². The van der Waals surface area contributed by atoms with Crippen LogP contribution in [0.5, 0.6) is 5.75 Å². The third-order valence-electron chi connectivity index (χ3n) is 5.94. The Balaban J connectivity index is 2.14. The minimum absolute atomic E-state index is 0.144. The first-order valence-electron chi connectivity index (χ1n) is 12.2. The predicted octanol–water partition coefficient (Wildman–Crippen LogP) is 3.30. The van der Waals surface area contributed by atoms with Crippen molar-refractivity contribution in [1.29, 1.82) is 0 Å². The molecule has 36 heavy (non-hydrogen) atoms. The standard InChI is InChI=1S/C27H37ClO8/c1-6-33-19-10-7-17(8-11-19)25(34-15(2)3)20-13-18(9-12-21(20)28)27(35-16(4)5)26(32)24(31)23(30)22(14-29)36-27/h7-13,15-16,22-26,29-32H,6,14H2,1-5H3/t22-,23-,24+,25?,26-,27+/m1/s1. The van der Waals surface area contributed by atoms with Gasteiger partial charge in [-0.15, -0.1) is 0 Å². The molecule has 1 saturated heterocycles. The molecule has 1 fully saturated rings. The molecule has 2 aromatic carbocycles. The number of halogens is 1. The van der Waals surface area contributed by atoms with Crippen molar-refractivity contribution in [2.45, 2.75) is 83.1 Å². The van der Waals surface area contributed by atoms with E-state index in [-0.39, 0.29) is 6.10 Å². The first kappa shape index (κ1) is 28.8. The summed E-state index contributed by atoms with van der Waals surface area (Å²) in [6.45, 7) is 9.22. The van der Waals surface area contributed by atoms with Gasteiger partial charge in [-0.05, 0) is 64.4 Å². The molecule has 3 rings (SSSR count). The van der Waals surface area contributed by atoms with Gasteiger partial charge < -0.3 is 39.4 Å². The fraction of sp³-hybridized carbons (Fsp3) is 0.556. The zero-order valence-electron chi connectivity index (χ0n) is 21.3. The number of aliphatic hydroxyl groups excluding tert-OH is 4. The molecule has 0 saturated carbocycles. The van der Waals surface area contributed by atoms with Gasteiger partial charge in [-0.25, -0.2) is 0 Å². The molecule has 1 aliphatic rings. The molecule has 6 atom stereocenters. The fourth-order valence-corrected chi connectivity index (χ4v) is 4.58. The molecule has 1 unspecified atom stereocenters. The number of benzene rings is 2. The van der Waals surface area contributed by atoms with Crippen LogP contribution in [0.1, 0.15) is 57.4 Å². The maximum atomic E-state index is 11.1. The molecule has 200 valence electrons. The summed E-state index contributed by atoms with van der Waals surface area (Å²) < 4.78 is 23.9. The van der Waals surface area contributed by atoms with E-state index < -0.39 is 49.0 Å². The molecule has 0 bridgehead atoms. The summed E-state index contributed by atoms with van der Waals surface area (Å²) in [6.07, 6.45) is -7.11. The van der Waals surface area contributed by atoms with E-state index in [0.717, 1.165) is 11.3 Å². The zero-order chi connectivity index (χ0) is 26.6. The molecule has 0 radical (unpaired) electrons. The Labute approximate surface area is 217 Å². The molecule has 4 N–H and O–H groups in total. The highest BCUT2D eigenvalue weighted by Gasteiger charge is 2.56. The van der Waals surface area contributed by atoms with Gasteiger partial charge in [-0.3, -0.25) is 0 Å². The summed E-state index contributed by atoms with van der Waals surface area (Å²) >= 11 is 6.66. The molecular weight excluding hydrogens is 488 g/mol. The fourth-order valence-electron chi connectivity index (χ4n) is 4.37. The quantitative estimate of drug-likeness (QED) is 0.374. The van der Waals surface area contributed by atoms with Crippen molar-refractivity contribution in [1.82, 2.24) is 0 Å². The highest BCUT2D eigenvalue weighted by atomic mass is 35.5. The monoisotopic (exact) mass is 524 g/mol. The molecule has 0 spiro atoms. The summed E-state index contributed by atoms with van der Waals surface area (Å²) in [7, 11) is 0. The molecule has 9 heteroatoms. The number of rotatable bonds is 10. The summed E-state index contributed by atoms with van der Waals surface area (Å²) in [5.41, 5.74) is 1.78. The molecular formula is C27H37ClO8. The van der Waals surface area contributed by atoms with E-state index in [9.17, 15) is 20.4 Å². The van der Waals surface area contributed by atoms with Crippen LogP contribution in [0.2, 0.25) is 5.02 Å². The summed E-state index contributed by atoms with van der Waals surface area (Å²) in [5.74, 6) is -1.14. The van der Waals surface area contributed by atoms with Gasteiger partial charge >= 0.3 is 0 Å². The molecule has 0 aromatic heterocycles. The first-order chi connectivity index (χ1) is 17.0. The third kappa shape index (κ3) is 6.03. The lowest BCUT2D eigenvalue weighted by atomic mass is 9.86. The Morgan fingerprint density at radius 1 is 0.972 bits per heavy atom. The smallest absolute Gasteiger partial charge is 0.225 e. The van der Waals surface area contributed by atoms with Gasteiger partial charge in [0.15, 0.2) is 0 Å². The third-order valence-corrected chi connectivity index (χ3v) is 6.29. The minimum Gasteiger partial charge on any atom is -0.494 e. The van der Waals surface area contributed by atoms with Gasteiger partial charge in [0.25, 0.3) is 0 Å². The Hall–Kier alpha value is -1.75. The highest BCUT2D eigenvalue weighted by molar-refractivity contribution is 6.31. The van der Waals surface area contributed by atoms with Crippen LogP contribution in [0.15, 0.2) is 42.5 Å². The number of aliphatic hydroxyl groups is 4. The maximum Gasteiger partial charge on any atom is 0.225 e. The molecule has 1 aliphatic heterocycles. The van der Waals surface area contributed by atoms with Crippen molar-refractivity contribution in [3.8, 4) is 5.75 Å². The van der Waals surface area contributed by atoms with E-state index >= 15 is 0 Å². The normalized spacial score (nSPS) is 27.4. The first-order valence-corrected chi connectivity index (χ1v) is 12.6. The van der Waals surface area contributed by atoms with E-state index in [0.29, 0.717) is 22.8 Å². The minimum atomic E-state index is -1.87. The van der Waals surface area contributed by atoms with Crippen LogP contribution < -0.4 is 4.74 Å². The van der Waals surface area contributed by atoms with Crippen LogP contribution in [-0.4, -0.2) is 70.3 Å². The SMILES string of the molecule is CCOc1ccc(C(OC(C)C)c2cc([C@]3(OC(C)C)O[C@H](CO)[C@@H](O)[C@H](O)[C@H]3O)ccc2Cl)cc1. The van der Waals surface area contributed by atoms with Gasteiger partial charge in [0.05, 0.1) is 25.4 Å². The van der Waals surface area contributed by atoms with Crippen LogP contribution in [0.3, 0.4) is 0 Å². The van der Waals surface area contributed by atoms with Gasteiger partial charge in [-0.1, -0.05) is 29.8 Å². The average molecular weight is 525 g/mol. The Bertz CT molecular complexity index is 980. The molecule has 0 aliphatic carbocycles. The maximum absolute atomic E-state index is 11.1. The number of hydrogen-bond acceptors (Lipinski definition) is 8. The lowest BCUT2D eigenvalue weighted by molar-refractivity contribution is -0.381. The van der Waals surface area contributed by atoms with Crippen molar-refractivity contribution in [2.24, 2.45) is 0 Å². The Kier molecular flexibility index (Phi) is 9.76. The highest BCUT2D eigenvalue weighted by Crippen LogP contribution is 2.43. The average Bonchev–Trinajstić information content (AvgIpc) is 2.84. The number of ether oxygens (including phenoxy) is 4. The number of hydrogen-bond donors (Lipinski definition) is 4. The van der Waals surface area contributed by atoms with Crippen LogP contribution in [0.25, 0.3) is 0 Å².